The van der Waals surface area contributed by atoms with Crippen molar-refractivity contribution in [3.8, 4) is 21.7 Å². The number of pyridine rings is 1. The molecule has 5 rings (SSSR count). The number of aromatic nitrogens is 3. The molecular weight excluding hydrogens is 376 g/mol. The first kappa shape index (κ1) is 17.5. The summed E-state index contributed by atoms with van der Waals surface area (Å²) >= 11 is 1.74. The van der Waals surface area contributed by atoms with Crippen LogP contribution in [0.4, 0.5) is 5.95 Å². The maximum Gasteiger partial charge on any atom is 0.220 e. The van der Waals surface area contributed by atoms with Crippen molar-refractivity contribution in [1.29, 1.82) is 0 Å². The molecule has 4 nitrogen and oxygen atoms in total. The van der Waals surface area contributed by atoms with E-state index in [0.29, 0.717) is 6.42 Å². The highest BCUT2D eigenvalue weighted by Crippen LogP contribution is 2.28. The average Bonchev–Trinajstić information content (AvgIpc) is 3.29. The Hall–Kier alpha value is -3.57. The SMILES string of the molecule is Nc1nc(Cc2ccccc2)c2nc(-c3ccc(-c4cccs4)cc3)ccc2n1. The van der Waals surface area contributed by atoms with E-state index < -0.39 is 0 Å². The van der Waals surface area contributed by atoms with E-state index in [1.807, 2.05) is 30.3 Å². The number of anilines is 1. The molecule has 2 N–H and O–H groups in total. The van der Waals surface area contributed by atoms with Crippen LogP contribution in [0.25, 0.3) is 32.7 Å². The van der Waals surface area contributed by atoms with Gasteiger partial charge >= 0.3 is 0 Å². The monoisotopic (exact) mass is 394 g/mol. The second kappa shape index (κ2) is 7.45. The molecule has 0 aliphatic heterocycles. The highest BCUT2D eigenvalue weighted by Gasteiger charge is 2.11. The normalized spacial score (nSPS) is 11.0. The van der Waals surface area contributed by atoms with Crippen LogP contribution in [0.15, 0.2) is 84.2 Å². The Balaban J connectivity index is 1.55. The molecule has 140 valence electrons. The van der Waals surface area contributed by atoms with E-state index in [1.165, 1.54) is 16.0 Å². The predicted molar refractivity (Wildman–Crippen MR) is 120 cm³/mol. The van der Waals surface area contributed by atoms with Crippen LogP contribution in [-0.4, -0.2) is 15.0 Å². The third kappa shape index (κ3) is 3.60. The van der Waals surface area contributed by atoms with Gasteiger partial charge in [-0.3, -0.25) is 0 Å². The Bertz CT molecular complexity index is 1260. The zero-order valence-electron chi connectivity index (χ0n) is 15.6. The molecule has 0 amide bonds. The Labute approximate surface area is 172 Å². The molecule has 3 aromatic heterocycles. The summed E-state index contributed by atoms with van der Waals surface area (Å²) in [6.07, 6.45) is 0.665. The van der Waals surface area contributed by atoms with Gasteiger partial charge < -0.3 is 5.73 Å². The third-order valence-electron chi connectivity index (χ3n) is 4.83. The second-order valence-electron chi connectivity index (χ2n) is 6.81. The number of fused-ring (bicyclic) bond motifs is 1. The lowest BCUT2D eigenvalue weighted by Gasteiger charge is -2.09. The van der Waals surface area contributed by atoms with Gasteiger partial charge in [0.1, 0.15) is 5.52 Å². The molecule has 3 heterocycles. The van der Waals surface area contributed by atoms with Crippen molar-refractivity contribution in [3.63, 3.8) is 0 Å². The number of hydrogen-bond donors (Lipinski definition) is 1. The molecule has 0 unspecified atom stereocenters. The zero-order chi connectivity index (χ0) is 19.6. The van der Waals surface area contributed by atoms with Crippen molar-refractivity contribution in [3.05, 3.63) is 95.5 Å². The fourth-order valence-corrected chi connectivity index (χ4v) is 4.15. The minimum Gasteiger partial charge on any atom is -0.368 e. The molecule has 29 heavy (non-hydrogen) atoms. The van der Waals surface area contributed by atoms with E-state index in [1.54, 1.807) is 11.3 Å². The molecule has 0 aliphatic carbocycles. The van der Waals surface area contributed by atoms with Crippen LogP contribution < -0.4 is 5.73 Å². The lowest BCUT2D eigenvalue weighted by molar-refractivity contribution is 1.06. The van der Waals surface area contributed by atoms with Gasteiger partial charge in [0.2, 0.25) is 5.95 Å². The number of rotatable bonds is 4. The highest BCUT2D eigenvalue weighted by atomic mass is 32.1. The van der Waals surface area contributed by atoms with Crippen LogP contribution >= 0.6 is 11.3 Å². The van der Waals surface area contributed by atoms with E-state index >= 15 is 0 Å². The molecule has 2 aromatic carbocycles. The van der Waals surface area contributed by atoms with E-state index in [-0.39, 0.29) is 5.95 Å². The summed E-state index contributed by atoms with van der Waals surface area (Å²) in [5.41, 5.74) is 12.7. The van der Waals surface area contributed by atoms with Crippen molar-refractivity contribution in [1.82, 2.24) is 15.0 Å². The molecule has 0 aliphatic rings. The van der Waals surface area contributed by atoms with E-state index in [0.717, 1.165) is 28.0 Å². The Morgan fingerprint density at radius 2 is 1.52 bits per heavy atom. The molecule has 0 atom stereocenters. The van der Waals surface area contributed by atoms with Gasteiger partial charge in [0, 0.05) is 16.9 Å². The van der Waals surface area contributed by atoms with Crippen LogP contribution in [0.2, 0.25) is 0 Å². The van der Waals surface area contributed by atoms with Crippen molar-refractivity contribution < 1.29 is 0 Å². The predicted octanol–water partition coefficient (Wildman–Crippen LogP) is 5.59. The van der Waals surface area contributed by atoms with Crippen molar-refractivity contribution >= 4 is 28.3 Å². The van der Waals surface area contributed by atoms with Gasteiger partial charge in [-0.2, -0.15) is 0 Å². The van der Waals surface area contributed by atoms with Gasteiger partial charge in [-0.05, 0) is 34.7 Å². The smallest absolute Gasteiger partial charge is 0.220 e. The maximum atomic E-state index is 5.94. The van der Waals surface area contributed by atoms with Crippen molar-refractivity contribution in [2.45, 2.75) is 6.42 Å². The summed E-state index contributed by atoms with van der Waals surface area (Å²) in [7, 11) is 0. The minimum absolute atomic E-state index is 0.276. The largest absolute Gasteiger partial charge is 0.368 e. The molecule has 0 saturated heterocycles. The van der Waals surface area contributed by atoms with Gasteiger partial charge in [0.25, 0.3) is 0 Å². The van der Waals surface area contributed by atoms with Gasteiger partial charge in [0.15, 0.2) is 0 Å². The van der Waals surface area contributed by atoms with Crippen LogP contribution in [0.5, 0.6) is 0 Å². The molecule has 0 fully saturated rings. The fraction of sp³-hybridized carbons (Fsp3) is 0.0417. The van der Waals surface area contributed by atoms with E-state index in [4.69, 9.17) is 10.7 Å². The summed E-state index contributed by atoms with van der Waals surface area (Å²) in [5, 5.41) is 2.09. The fourth-order valence-electron chi connectivity index (χ4n) is 3.42. The van der Waals surface area contributed by atoms with Gasteiger partial charge in [-0.15, -0.1) is 11.3 Å². The molecule has 0 radical (unpaired) electrons. The number of nitrogen functional groups attached to an aromatic ring is 1. The summed E-state index contributed by atoms with van der Waals surface area (Å²) in [4.78, 5) is 15.0. The molecule has 0 spiro atoms. The third-order valence-corrected chi connectivity index (χ3v) is 5.75. The van der Waals surface area contributed by atoms with Crippen LogP contribution in [-0.2, 0) is 6.42 Å². The van der Waals surface area contributed by atoms with Crippen LogP contribution in [0, 0.1) is 0 Å². The lowest BCUT2D eigenvalue weighted by Crippen LogP contribution is -2.03. The topological polar surface area (TPSA) is 64.7 Å². The first-order valence-electron chi connectivity index (χ1n) is 9.38. The van der Waals surface area contributed by atoms with Crippen molar-refractivity contribution in [2.24, 2.45) is 0 Å². The number of hydrogen-bond acceptors (Lipinski definition) is 5. The van der Waals surface area contributed by atoms with E-state index in [9.17, 15) is 0 Å². The number of thiophene rings is 1. The Kier molecular flexibility index (Phi) is 4.50. The highest BCUT2D eigenvalue weighted by molar-refractivity contribution is 7.13. The molecule has 0 bridgehead atoms. The maximum absolute atomic E-state index is 5.94. The minimum atomic E-state index is 0.276. The van der Waals surface area contributed by atoms with Gasteiger partial charge in [-0.25, -0.2) is 15.0 Å². The quantitative estimate of drug-likeness (QED) is 0.431. The van der Waals surface area contributed by atoms with Gasteiger partial charge in [0.05, 0.1) is 16.9 Å². The molecule has 5 heteroatoms. The second-order valence-corrected chi connectivity index (χ2v) is 7.76. The van der Waals surface area contributed by atoms with Crippen LogP contribution in [0.3, 0.4) is 0 Å². The summed E-state index contributed by atoms with van der Waals surface area (Å²) in [6.45, 7) is 0. The molecule has 0 saturated carbocycles. The summed E-state index contributed by atoms with van der Waals surface area (Å²) in [6, 6.07) is 26.9. The first-order chi connectivity index (χ1) is 14.3. The number of nitrogens with two attached hydrogens (primary N) is 1. The van der Waals surface area contributed by atoms with Crippen LogP contribution in [0.1, 0.15) is 11.3 Å². The zero-order valence-corrected chi connectivity index (χ0v) is 16.4. The first-order valence-corrected chi connectivity index (χ1v) is 10.3. The molecule has 5 aromatic rings. The average molecular weight is 395 g/mol. The van der Waals surface area contributed by atoms with Gasteiger partial charge in [-0.1, -0.05) is 60.7 Å². The van der Waals surface area contributed by atoms with E-state index in [2.05, 4.69) is 63.9 Å². The summed E-state index contributed by atoms with van der Waals surface area (Å²) in [5.74, 6) is 0.276. The lowest BCUT2D eigenvalue weighted by atomic mass is 10.1. The number of benzene rings is 2. The molecular formula is C24H18N4S. The Morgan fingerprint density at radius 3 is 2.28 bits per heavy atom. The Morgan fingerprint density at radius 1 is 0.724 bits per heavy atom. The van der Waals surface area contributed by atoms with Crippen molar-refractivity contribution in [2.75, 3.05) is 5.73 Å². The standard InChI is InChI=1S/C24H18N4S/c25-24-27-20-13-12-19(17-8-10-18(11-9-17)22-7-4-14-29-22)26-23(20)21(28-24)15-16-5-2-1-3-6-16/h1-14H,15H2,(H2,25,27,28). The number of nitrogens with zero attached hydrogens (tertiary/aromatic N) is 3. The summed E-state index contributed by atoms with van der Waals surface area (Å²) < 4.78 is 0.